The van der Waals surface area contributed by atoms with E-state index in [0.717, 1.165) is 31.6 Å². The van der Waals surface area contributed by atoms with Gasteiger partial charge in [-0.1, -0.05) is 32.0 Å². The second-order valence-corrected chi connectivity index (χ2v) is 9.20. The summed E-state index contributed by atoms with van der Waals surface area (Å²) in [5.41, 5.74) is 7.68. The lowest BCUT2D eigenvalue weighted by molar-refractivity contribution is -0.114. The van der Waals surface area contributed by atoms with Gasteiger partial charge in [0, 0.05) is 31.9 Å². The average Bonchev–Trinajstić information content (AvgIpc) is 2.93. The summed E-state index contributed by atoms with van der Waals surface area (Å²) in [6.45, 7) is 8.91. The first-order chi connectivity index (χ1) is 19.2. The van der Waals surface area contributed by atoms with Crippen molar-refractivity contribution in [2.24, 2.45) is 0 Å². The smallest absolute Gasteiger partial charge is 0.322 e. The van der Waals surface area contributed by atoms with Crippen LogP contribution in [0.3, 0.4) is 0 Å². The molecule has 4 amide bonds. The number of aromatic nitrogens is 1. The maximum Gasteiger partial charge on any atom is 0.322 e. The molecule has 2 aromatic carbocycles. The minimum Gasteiger partial charge on any atom is -0.396 e. The monoisotopic (exact) mass is 549 g/mol. The Labute approximate surface area is 233 Å². The minimum atomic E-state index is -0.608. The van der Waals surface area contributed by atoms with Crippen LogP contribution in [-0.4, -0.2) is 58.8 Å². The molecule has 0 aliphatic carbocycles. The number of rotatable bonds is 12. The molecule has 0 radical (unpaired) electrons. The van der Waals surface area contributed by atoms with Crippen LogP contribution in [0.1, 0.15) is 43.2 Å². The average molecular weight is 550 g/mol. The van der Waals surface area contributed by atoms with Crippen LogP contribution in [-0.2, 0) is 11.3 Å². The van der Waals surface area contributed by atoms with E-state index < -0.39 is 11.7 Å². The molecular formula is C29H36FN7O3. The molecule has 11 heteroatoms. The molecule has 5 N–H and O–H groups in total. The molecule has 3 rings (SSSR count). The number of nitrogens with zero attached hydrogens (tertiary/aromatic N) is 3. The predicted molar refractivity (Wildman–Crippen MR) is 156 cm³/mol. The van der Waals surface area contributed by atoms with Gasteiger partial charge in [-0.05, 0) is 68.0 Å². The SMILES string of the molecule is CCN(CC)CCCN(Cc1ccc(C(=O)Nc2ccccc2NC(C)=O)nc1)C(=O)Nc1ccc(N)c(F)c1. The fourth-order valence-electron chi connectivity index (χ4n) is 4.03. The number of hydrogen-bond donors (Lipinski definition) is 4. The maximum absolute atomic E-state index is 13.9. The molecule has 1 aromatic heterocycles. The standard InChI is InChI=1S/C29H36FN7O3/c1-4-36(5-2)15-8-16-37(29(40)34-22-12-13-24(31)23(30)17-22)19-21-11-14-27(32-18-21)28(39)35-26-10-7-6-9-25(26)33-20(3)38/h6-7,9-14,17-18H,4-5,8,15-16,19,31H2,1-3H3,(H,33,38)(H,34,40)(H,35,39). The lowest BCUT2D eigenvalue weighted by atomic mass is 10.2. The molecule has 1 heterocycles. The molecular weight excluding hydrogens is 513 g/mol. The van der Waals surface area contributed by atoms with Crippen LogP contribution in [0, 0.1) is 5.82 Å². The first kappa shape index (κ1) is 30.0. The van der Waals surface area contributed by atoms with Crippen LogP contribution in [0.4, 0.5) is 31.9 Å². The lowest BCUT2D eigenvalue weighted by Gasteiger charge is -2.25. The Morgan fingerprint density at radius 3 is 2.23 bits per heavy atom. The Kier molecular flexibility index (Phi) is 11.0. The van der Waals surface area contributed by atoms with Crippen molar-refractivity contribution in [3.05, 3.63) is 77.9 Å². The van der Waals surface area contributed by atoms with E-state index in [1.54, 1.807) is 53.6 Å². The van der Waals surface area contributed by atoms with Gasteiger partial charge >= 0.3 is 6.03 Å². The van der Waals surface area contributed by atoms with Crippen LogP contribution in [0.5, 0.6) is 0 Å². The zero-order valence-corrected chi connectivity index (χ0v) is 23.0. The van der Waals surface area contributed by atoms with Crippen LogP contribution in [0.15, 0.2) is 60.8 Å². The number of nitrogens with two attached hydrogens (primary N) is 1. The predicted octanol–water partition coefficient (Wildman–Crippen LogP) is 4.78. The fraction of sp³-hybridized carbons (Fsp3) is 0.310. The Morgan fingerprint density at radius 1 is 0.925 bits per heavy atom. The molecule has 0 fully saturated rings. The topological polar surface area (TPSA) is 133 Å². The second kappa shape index (κ2) is 14.6. The first-order valence-electron chi connectivity index (χ1n) is 13.2. The van der Waals surface area contributed by atoms with Gasteiger partial charge < -0.3 is 31.5 Å². The van der Waals surface area contributed by atoms with Gasteiger partial charge in [0.2, 0.25) is 5.91 Å². The quantitative estimate of drug-likeness (QED) is 0.240. The summed E-state index contributed by atoms with van der Waals surface area (Å²) >= 11 is 0. The number of pyridine rings is 1. The summed E-state index contributed by atoms with van der Waals surface area (Å²) in [6, 6.07) is 13.9. The van der Waals surface area contributed by atoms with Gasteiger partial charge in [0.05, 0.1) is 17.1 Å². The lowest BCUT2D eigenvalue weighted by Crippen LogP contribution is -2.37. The largest absolute Gasteiger partial charge is 0.396 e. The molecule has 10 nitrogen and oxygen atoms in total. The molecule has 0 saturated carbocycles. The van der Waals surface area contributed by atoms with Crippen LogP contribution in [0.2, 0.25) is 0 Å². The maximum atomic E-state index is 13.9. The number of carbonyl (C=O) groups is 3. The highest BCUT2D eigenvalue weighted by molar-refractivity contribution is 6.06. The number of para-hydroxylation sites is 2. The highest BCUT2D eigenvalue weighted by atomic mass is 19.1. The third-order valence-corrected chi connectivity index (χ3v) is 6.25. The third kappa shape index (κ3) is 8.77. The summed E-state index contributed by atoms with van der Waals surface area (Å²) in [5.74, 6) is -1.30. The molecule has 0 atom stereocenters. The first-order valence-corrected chi connectivity index (χ1v) is 13.2. The molecule has 212 valence electrons. The number of urea groups is 1. The van der Waals surface area contributed by atoms with Gasteiger partial charge in [0.15, 0.2) is 0 Å². The van der Waals surface area contributed by atoms with Crippen molar-refractivity contribution < 1.29 is 18.8 Å². The van der Waals surface area contributed by atoms with Crippen molar-refractivity contribution in [1.29, 1.82) is 0 Å². The third-order valence-electron chi connectivity index (χ3n) is 6.25. The molecule has 0 bridgehead atoms. The van der Waals surface area contributed by atoms with E-state index in [9.17, 15) is 18.8 Å². The highest BCUT2D eigenvalue weighted by Crippen LogP contribution is 2.22. The summed E-state index contributed by atoms with van der Waals surface area (Å²) < 4.78 is 13.9. The normalized spacial score (nSPS) is 10.7. The van der Waals surface area contributed by atoms with Gasteiger partial charge in [-0.25, -0.2) is 9.18 Å². The van der Waals surface area contributed by atoms with E-state index in [-0.39, 0.29) is 29.9 Å². The summed E-state index contributed by atoms with van der Waals surface area (Å²) in [7, 11) is 0. The molecule has 3 aromatic rings. The van der Waals surface area contributed by atoms with Gasteiger partial charge in [-0.3, -0.25) is 14.6 Å². The van der Waals surface area contributed by atoms with E-state index >= 15 is 0 Å². The van der Waals surface area contributed by atoms with Crippen LogP contribution in [0.25, 0.3) is 0 Å². The van der Waals surface area contributed by atoms with E-state index in [1.807, 2.05) is 0 Å². The number of nitrogen functional groups attached to an aromatic ring is 1. The van der Waals surface area contributed by atoms with Crippen molar-refractivity contribution in [2.75, 3.05) is 47.9 Å². The number of amides is 4. The van der Waals surface area contributed by atoms with Crippen molar-refractivity contribution in [1.82, 2.24) is 14.8 Å². The van der Waals surface area contributed by atoms with Gasteiger partial charge in [0.1, 0.15) is 11.5 Å². The van der Waals surface area contributed by atoms with E-state index in [0.29, 0.717) is 23.6 Å². The van der Waals surface area contributed by atoms with E-state index in [1.165, 1.54) is 19.1 Å². The van der Waals surface area contributed by atoms with Crippen molar-refractivity contribution in [2.45, 2.75) is 33.7 Å². The van der Waals surface area contributed by atoms with Gasteiger partial charge in [-0.2, -0.15) is 0 Å². The van der Waals surface area contributed by atoms with E-state index in [4.69, 9.17) is 5.73 Å². The molecule has 0 unspecified atom stereocenters. The van der Waals surface area contributed by atoms with Crippen molar-refractivity contribution >= 4 is 40.6 Å². The molecule has 0 aliphatic rings. The molecule has 0 aliphatic heterocycles. The Morgan fingerprint density at radius 2 is 1.62 bits per heavy atom. The van der Waals surface area contributed by atoms with Crippen LogP contribution < -0.4 is 21.7 Å². The number of nitrogens with one attached hydrogen (secondary N) is 3. The minimum absolute atomic E-state index is 0.00267. The Hall–Kier alpha value is -4.51. The molecule has 40 heavy (non-hydrogen) atoms. The zero-order valence-electron chi connectivity index (χ0n) is 23.0. The summed E-state index contributed by atoms with van der Waals surface area (Å²) in [4.78, 5) is 45.6. The Balaban J connectivity index is 1.70. The summed E-state index contributed by atoms with van der Waals surface area (Å²) in [5, 5.41) is 8.17. The van der Waals surface area contributed by atoms with Gasteiger partial charge in [-0.15, -0.1) is 0 Å². The number of anilines is 4. The number of carbonyl (C=O) groups excluding carboxylic acids is 3. The fourth-order valence-corrected chi connectivity index (χ4v) is 4.03. The van der Waals surface area contributed by atoms with Crippen LogP contribution >= 0.6 is 0 Å². The second-order valence-electron chi connectivity index (χ2n) is 9.20. The Bertz CT molecular complexity index is 1310. The number of hydrogen-bond acceptors (Lipinski definition) is 6. The van der Waals surface area contributed by atoms with Crippen molar-refractivity contribution in [3.63, 3.8) is 0 Å². The molecule has 0 saturated heterocycles. The van der Waals surface area contributed by atoms with Crippen molar-refractivity contribution in [3.8, 4) is 0 Å². The zero-order chi connectivity index (χ0) is 29.1. The number of halogens is 1. The highest BCUT2D eigenvalue weighted by Gasteiger charge is 2.17. The van der Waals surface area contributed by atoms with Gasteiger partial charge in [0.25, 0.3) is 5.91 Å². The van der Waals surface area contributed by atoms with E-state index in [2.05, 4.69) is 39.7 Å². The summed E-state index contributed by atoms with van der Waals surface area (Å²) in [6.07, 6.45) is 2.29. The molecule has 0 spiro atoms. The number of benzene rings is 2.